The van der Waals surface area contributed by atoms with E-state index < -0.39 is 47.7 Å². The number of para-hydroxylation sites is 1. The molecule has 0 saturated carbocycles. The van der Waals surface area contributed by atoms with Crippen LogP contribution in [0.3, 0.4) is 0 Å². The highest BCUT2D eigenvalue weighted by molar-refractivity contribution is 14.1. The van der Waals surface area contributed by atoms with Crippen molar-refractivity contribution in [3.63, 3.8) is 0 Å². The van der Waals surface area contributed by atoms with Gasteiger partial charge in [-0.3, -0.25) is 19.7 Å². The average molecular weight is 764 g/mol. The Labute approximate surface area is 291 Å². The molecule has 1 aliphatic carbocycles. The molecule has 2 aliphatic heterocycles. The molecule has 248 valence electrons. The van der Waals surface area contributed by atoms with Crippen molar-refractivity contribution < 1.29 is 38.8 Å². The fourth-order valence-electron chi connectivity index (χ4n) is 7.13. The van der Waals surface area contributed by atoms with Gasteiger partial charge in [-0.1, -0.05) is 35.9 Å². The fraction of sp³-hybridized carbons (Fsp3) is 0.314. The Bertz CT molecular complexity index is 1810. The molecule has 0 radical (unpaired) electrons. The number of non-ortho nitro benzene ring substituents is 1. The van der Waals surface area contributed by atoms with Crippen molar-refractivity contribution in [2.24, 2.45) is 17.8 Å². The van der Waals surface area contributed by atoms with Crippen LogP contribution in [0.5, 0.6) is 17.2 Å². The van der Waals surface area contributed by atoms with E-state index in [0.29, 0.717) is 27.9 Å². The number of aromatic hydroxyl groups is 1. The van der Waals surface area contributed by atoms with Gasteiger partial charge in [0.25, 0.3) is 5.69 Å². The fourth-order valence-corrected chi connectivity index (χ4v) is 7.76. The molecule has 6 rings (SSSR count). The van der Waals surface area contributed by atoms with Gasteiger partial charge in [0.05, 0.1) is 39.2 Å². The van der Waals surface area contributed by atoms with Crippen LogP contribution in [0.2, 0.25) is 6.32 Å². The summed E-state index contributed by atoms with van der Waals surface area (Å²) in [6.07, 6.45) is 2.95. The number of methoxy groups -OCH3 is 1. The van der Waals surface area contributed by atoms with Crippen LogP contribution in [0.15, 0.2) is 83.4 Å². The Hall–Kier alpha value is -4.21. The molecule has 0 unspecified atom stereocenters. The number of nitro groups is 1. The Morgan fingerprint density at radius 1 is 1.12 bits per heavy atom. The second-order valence-corrected chi connectivity index (χ2v) is 13.5. The molecular weight excluding hydrogens is 730 g/mol. The van der Waals surface area contributed by atoms with Crippen LogP contribution in [0.4, 0.5) is 11.4 Å². The van der Waals surface area contributed by atoms with Gasteiger partial charge in [-0.2, -0.15) is 0 Å². The van der Waals surface area contributed by atoms with Crippen molar-refractivity contribution in [2.45, 2.75) is 38.6 Å². The standard InChI is InChI=1S/C35H34BIN2O9/c1-20(13-21-14-28(37)33(40)30(15-21)46-2)11-12-29-31-22(19-47-25-9-4-3-5-10-25)16-26-32(27(31)18-36(43)48-29)35(42)38(34(26)41)23-7-6-8-24(17-23)39(44)45/h3-10,13-15,17,26-27,29,32,40,43H,11-12,16,18-19H2,1-2H3/b20-13+/t26-,27+,29-,32-/m1/s1. The van der Waals surface area contributed by atoms with Crippen LogP contribution in [-0.2, 0) is 14.2 Å². The summed E-state index contributed by atoms with van der Waals surface area (Å²) in [6, 6.07) is 18.5. The van der Waals surface area contributed by atoms with Crippen molar-refractivity contribution in [3.8, 4) is 17.2 Å². The number of phenolic OH excluding ortho intramolecular Hbond substituents is 1. The highest BCUT2D eigenvalue weighted by Crippen LogP contribution is 2.51. The first-order valence-corrected chi connectivity index (χ1v) is 16.7. The van der Waals surface area contributed by atoms with Crippen molar-refractivity contribution in [2.75, 3.05) is 18.6 Å². The molecule has 11 nitrogen and oxygen atoms in total. The number of allylic oxidation sites excluding steroid dienone is 1. The Balaban J connectivity index is 1.32. The van der Waals surface area contributed by atoms with E-state index in [1.54, 1.807) is 6.07 Å². The number of hydrogen-bond donors (Lipinski definition) is 2. The van der Waals surface area contributed by atoms with Crippen LogP contribution in [0.25, 0.3) is 6.08 Å². The summed E-state index contributed by atoms with van der Waals surface area (Å²) in [5, 5.41) is 32.7. The third kappa shape index (κ3) is 6.71. The Kier molecular flexibility index (Phi) is 9.90. The molecule has 4 atom stereocenters. The van der Waals surface area contributed by atoms with Gasteiger partial charge in [-0.25, -0.2) is 4.90 Å². The quantitative estimate of drug-likeness (QED) is 0.0617. The summed E-state index contributed by atoms with van der Waals surface area (Å²) in [7, 11) is 0.349. The minimum Gasteiger partial charge on any atom is -0.504 e. The number of carbonyl (C=O) groups excluding carboxylic acids is 2. The molecule has 3 aromatic carbocycles. The molecule has 3 aromatic rings. The third-order valence-corrected chi connectivity index (χ3v) is 10.1. The highest BCUT2D eigenvalue weighted by atomic mass is 127. The van der Waals surface area contributed by atoms with E-state index in [4.69, 9.17) is 14.1 Å². The number of hydrogen-bond acceptors (Lipinski definition) is 9. The van der Waals surface area contributed by atoms with Crippen molar-refractivity contribution in [1.29, 1.82) is 0 Å². The molecule has 3 aliphatic rings. The first kappa shape index (κ1) is 33.7. The maximum Gasteiger partial charge on any atom is 0.455 e. The van der Waals surface area contributed by atoms with Crippen molar-refractivity contribution in [3.05, 3.63) is 103 Å². The number of ether oxygens (including phenoxy) is 2. The van der Waals surface area contributed by atoms with Crippen molar-refractivity contribution >= 4 is 59.0 Å². The Morgan fingerprint density at radius 3 is 2.62 bits per heavy atom. The van der Waals surface area contributed by atoms with Crippen molar-refractivity contribution in [1.82, 2.24) is 0 Å². The number of nitrogens with zero attached hydrogens (tertiary/aromatic N) is 2. The summed E-state index contributed by atoms with van der Waals surface area (Å²) >= 11 is 2.05. The third-order valence-electron chi connectivity index (χ3n) is 9.25. The zero-order valence-corrected chi connectivity index (χ0v) is 28.5. The molecule has 2 N–H and O–H groups in total. The second-order valence-electron chi connectivity index (χ2n) is 12.3. The number of nitro benzene ring substituents is 1. The number of imide groups is 1. The normalized spacial score (nSPS) is 22.5. The number of rotatable bonds is 10. The average Bonchev–Trinajstić information content (AvgIpc) is 3.33. The number of amides is 2. The van der Waals surface area contributed by atoms with Crippen LogP contribution in [-0.4, -0.2) is 53.8 Å². The van der Waals surface area contributed by atoms with Crippen LogP contribution >= 0.6 is 22.6 Å². The zero-order chi connectivity index (χ0) is 34.1. The monoisotopic (exact) mass is 764 g/mol. The summed E-state index contributed by atoms with van der Waals surface area (Å²) in [4.78, 5) is 40.0. The molecule has 0 bridgehead atoms. The molecule has 2 fully saturated rings. The number of fused-ring (bicyclic) bond motifs is 3. The molecule has 2 heterocycles. The molecule has 13 heteroatoms. The molecule has 48 heavy (non-hydrogen) atoms. The second kappa shape index (κ2) is 14.1. The summed E-state index contributed by atoms with van der Waals surface area (Å²) in [6.45, 7) is 2.16. The van der Waals surface area contributed by atoms with Gasteiger partial charge in [0.2, 0.25) is 11.8 Å². The predicted molar refractivity (Wildman–Crippen MR) is 188 cm³/mol. The van der Waals surface area contributed by atoms with Gasteiger partial charge < -0.3 is 24.3 Å². The number of anilines is 1. The number of halogens is 1. The maximum absolute atomic E-state index is 14.1. The number of benzene rings is 3. The number of carbonyl (C=O) groups is 2. The molecular formula is C35H34BIN2O9. The molecule has 0 aromatic heterocycles. The SMILES string of the molecule is COc1cc(/C=C(\C)CC[C@H]2OB(O)C[C@H]3C2=C(COc2ccccc2)C[C@H]2C(=O)N(c4cccc([N+](=O)[O-])c4)C(=O)[C@H]23)cc(I)c1O. The van der Waals surface area contributed by atoms with E-state index in [-0.39, 0.29) is 36.5 Å². The molecule has 2 amide bonds. The first-order valence-electron chi connectivity index (χ1n) is 15.6. The van der Waals surface area contributed by atoms with Crippen LogP contribution in [0.1, 0.15) is 31.7 Å². The lowest BCUT2D eigenvalue weighted by atomic mass is 9.58. The minimum absolute atomic E-state index is 0.0836. The summed E-state index contributed by atoms with van der Waals surface area (Å²) in [5.74, 6) is -1.69. The van der Waals surface area contributed by atoms with Gasteiger partial charge in [0, 0.05) is 12.1 Å². The summed E-state index contributed by atoms with van der Waals surface area (Å²) < 4.78 is 18.3. The Morgan fingerprint density at radius 2 is 1.90 bits per heavy atom. The van der Waals surface area contributed by atoms with Gasteiger partial charge in [-0.05, 0) is 108 Å². The zero-order valence-electron chi connectivity index (χ0n) is 26.4. The predicted octanol–water partition coefficient (Wildman–Crippen LogP) is 6.18. The van der Waals surface area contributed by atoms with E-state index in [1.807, 2.05) is 49.4 Å². The lowest BCUT2D eigenvalue weighted by Gasteiger charge is -2.43. The topological polar surface area (TPSA) is 149 Å². The van der Waals surface area contributed by atoms with E-state index in [9.17, 15) is 29.8 Å². The van der Waals surface area contributed by atoms with E-state index in [0.717, 1.165) is 27.2 Å². The van der Waals surface area contributed by atoms with Gasteiger partial charge in [-0.15, -0.1) is 0 Å². The summed E-state index contributed by atoms with van der Waals surface area (Å²) in [5.41, 5.74) is 3.55. The molecule has 0 spiro atoms. The van der Waals surface area contributed by atoms with Crippen LogP contribution in [0, 0.1) is 31.4 Å². The van der Waals surface area contributed by atoms with E-state index in [1.165, 1.54) is 31.4 Å². The number of phenols is 1. The lowest BCUT2D eigenvalue weighted by Crippen LogP contribution is -2.46. The smallest absolute Gasteiger partial charge is 0.455 e. The van der Waals surface area contributed by atoms with Crippen LogP contribution < -0.4 is 14.4 Å². The van der Waals surface area contributed by atoms with Gasteiger partial charge in [0.15, 0.2) is 11.5 Å². The largest absolute Gasteiger partial charge is 0.504 e. The lowest BCUT2D eigenvalue weighted by molar-refractivity contribution is -0.384. The minimum atomic E-state index is -1.15. The maximum atomic E-state index is 14.1. The van der Waals surface area contributed by atoms with E-state index in [2.05, 4.69) is 22.6 Å². The first-order chi connectivity index (χ1) is 23.0. The molecule has 2 saturated heterocycles. The van der Waals surface area contributed by atoms with Gasteiger partial charge in [0.1, 0.15) is 12.4 Å². The van der Waals surface area contributed by atoms with E-state index >= 15 is 0 Å². The highest BCUT2D eigenvalue weighted by Gasteiger charge is 2.57. The van der Waals surface area contributed by atoms with Gasteiger partial charge >= 0.3 is 7.12 Å².